The van der Waals surface area contributed by atoms with E-state index in [1.54, 1.807) is 12.1 Å². The Morgan fingerprint density at radius 1 is 1.50 bits per heavy atom. The SMILES string of the molecule is O=C1C(=Cc2ccc(Br)o2)SC(=S)N1CCS(=O)(=O)O. The summed E-state index contributed by atoms with van der Waals surface area (Å²) >= 11 is 9.22. The van der Waals surface area contributed by atoms with Crippen molar-refractivity contribution in [1.29, 1.82) is 0 Å². The third-order valence-corrected chi connectivity index (χ3v) is 4.82. The number of amides is 1. The third-order valence-electron chi connectivity index (χ3n) is 2.31. The minimum Gasteiger partial charge on any atom is -0.450 e. The summed E-state index contributed by atoms with van der Waals surface area (Å²) < 4.78 is 36.2. The van der Waals surface area contributed by atoms with Crippen molar-refractivity contribution in [2.24, 2.45) is 0 Å². The highest BCUT2D eigenvalue weighted by molar-refractivity contribution is 9.10. The van der Waals surface area contributed by atoms with Crippen molar-refractivity contribution in [1.82, 2.24) is 4.90 Å². The molecule has 10 heteroatoms. The van der Waals surface area contributed by atoms with E-state index >= 15 is 0 Å². The quantitative estimate of drug-likeness (QED) is 0.472. The standard InChI is InChI=1S/C10H8BrNO5S3/c11-8-2-1-6(17-8)5-7-9(13)12(10(18)19-7)3-4-20(14,15)16/h1-2,5H,3-4H2,(H,14,15,16). The predicted octanol–water partition coefficient (Wildman–Crippen LogP) is 2.13. The van der Waals surface area contributed by atoms with Crippen molar-refractivity contribution in [3.8, 4) is 0 Å². The zero-order chi connectivity index (χ0) is 14.9. The Morgan fingerprint density at radius 2 is 2.20 bits per heavy atom. The van der Waals surface area contributed by atoms with Crippen LogP contribution in [0.4, 0.5) is 0 Å². The number of thioether (sulfide) groups is 1. The summed E-state index contributed by atoms with van der Waals surface area (Å²) in [6, 6.07) is 3.36. The van der Waals surface area contributed by atoms with E-state index in [1.807, 2.05) is 0 Å². The molecule has 2 rings (SSSR count). The lowest BCUT2D eigenvalue weighted by Gasteiger charge is -2.12. The molecule has 6 nitrogen and oxygen atoms in total. The van der Waals surface area contributed by atoms with E-state index in [0.29, 0.717) is 15.3 Å². The van der Waals surface area contributed by atoms with Crippen LogP contribution in [0, 0.1) is 0 Å². The van der Waals surface area contributed by atoms with Gasteiger partial charge >= 0.3 is 0 Å². The van der Waals surface area contributed by atoms with E-state index in [-0.39, 0.29) is 10.9 Å². The molecule has 0 bridgehead atoms. The number of halogens is 1. The van der Waals surface area contributed by atoms with Gasteiger partial charge in [-0.2, -0.15) is 8.42 Å². The fourth-order valence-corrected chi connectivity index (χ4v) is 3.46. The molecule has 1 aromatic heterocycles. The Hall–Kier alpha value is -0.680. The molecule has 1 aliphatic heterocycles. The molecule has 1 fully saturated rings. The molecule has 1 saturated heterocycles. The van der Waals surface area contributed by atoms with Gasteiger partial charge in [0.2, 0.25) is 0 Å². The highest BCUT2D eigenvalue weighted by Crippen LogP contribution is 2.32. The Balaban J connectivity index is 2.14. The second kappa shape index (κ2) is 5.98. The van der Waals surface area contributed by atoms with Gasteiger partial charge in [-0.05, 0) is 28.1 Å². The highest BCUT2D eigenvalue weighted by atomic mass is 79.9. The summed E-state index contributed by atoms with van der Waals surface area (Å²) in [5.74, 6) is -0.484. The first-order chi connectivity index (χ1) is 9.26. The summed E-state index contributed by atoms with van der Waals surface area (Å²) in [5, 5.41) is 0. The zero-order valence-electron chi connectivity index (χ0n) is 9.78. The number of rotatable bonds is 4. The van der Waals surface area contributed by atoms with Crippen LogP contribution in [0.2, 0.25) is 0 Å². The van der Waals surface area contributed by atoms with Gasteiger partial charge in [0.1, 0.15) is 10.1 Å². The number of carbonyl (C=O) groups excluding carboxylic acids is 1. The number of hydrogen-bond donors (Lipinski definition) is 1. The lowest BCUT2D eigenvalue weighted by atomic mass is 10.3. The number of carbonyl (C=O) groups is 1. The molecule has 1 amide bonds. The fourth-order valence-electron chi connectivity index (χ4n) is 1.43. The van der Waals surface area contributed by atoms with Crippen LogP contribution in [0.3, 0.4) is 0 Å². The van der Waals surface area contributed by atoms with Crippen LogP contribution < -0.4 is 0 Å². The summed E-state index contributed by atoms with van der Waals surface area (Å²) in [6.07, 6.45) is 1.53. The van der Waals surface area contributed by atoms with E-state index in [0.717, 1.165) is 16.7 Å². The van der Waals surface area contributed by atoms with Gasteiger partial charge in [0.15, 0.2) is 4.67 Å². The number of hydrogen-bond acceptors (Lipinski definition) is 6. The molecule has 0 radical (unpaired) electrons. The summed E-state index contributed by atoms with van der Waals surface area (Å²) in [7, 11) is -4.14. The van der Waals surface area contributed by atoms with Crippen LogP contribution in [0.25, 0.3) is 6.08 Å². The van der Waals surface area contributed by atoms with Gasteiger partial charge in [0, 0.05) is 12.6 Å². The van der Waals surface area contributed by atoms with Crippen LogP contribution >= 0.6 is 39.9 Å². The molecule has 0 saturated carbocycles. The maximum Gasteiger partial charge on any atom is 0.266 e. The first-order valence-corrected chi connectivity index (χ1v) is 8.85. The minimum absolute atomic E-state index is 0.178. The summed E-state index contributed by atoms with van der Waals surface area (Å²) in [6.45, 7) is -0.178. The highest BCUT2D eigenvalue weighted by Gasteiger charge is 2.32. The van der Waals surface area contributed by atoms with E-state index < -0.39 is 21.8 Å². The van der Waals surface area contributed by atoms with Crippen LogP contribution in [0.1, 0.15) is 5.76 Å². The zero-order valence-corrected chi connectivity index (χ0v) is 13.8. The Kier molecular flexibility index (Phi) is 4.69. The van der Waals surface area contributed by atoms with E-state index in [2.05, 4.69) is 15.9 Å². The van der Waals surface area contributed by atoms with Crippen LogP contribution in [-0.2, 0) is 14.9 Å². The van der Waals surface area contributed by atoms with Crippen molar-refractivity contribution in [2.45, 2.75) is 0 Å². The molecule has 0 aromatic carbocycles. The molecular formula is C10H8BrNO5S3. The normalized spacial score (nSPS) is 18.3. The van der Waals surface area contributed by atoms with Crippen molar-refractivity contribution < 1.29 is 22.2 Å². The second-order valence-corrected chi connectivity index (χ2v) is 7.79. The average Bonchev–Trinajstić information content (AvgIpc) is 2.82. The molecule has 0 spiro atoms. The Labute approximate surface area is 133 Å². The van der Waals surface area contributed by atoms with E-state index in [1.165, 1.54) is 6.08 Å². The Bertz CT molecular complexity index is 694. The van der Waals surface area contributed by atoms with Gasteiger partial charge in [-0.3, -0.25) is 14.2 Å². The molecule has 20 heavy (non-hydrogen) atoms. The molecule has 0 atom stereocenters. The molecule has 1 N–H and O–H groups in total. The van der Waals surface area contributed by atoms with Gasteiger partial charge in [0.25, 0.3) is 16.0 Å². The average molecular weight is 398 g/mol. The molecule has 108 valence electrons. The second-order valence-electron chi connectivity index (χ2n) is 3.76. The lowest BCUT2D eigenvalue weighted by molar-refractivity contribution is -0.121. The third kappa shape index (κ3) is 3.92. The summed E-state index contributed by atoms with van der Waals surface area (Å²) in [4.78, 5) is 13.5. The van der Waals surface area contributed by atoms with Gasteiger partial charge in [-0.25, -0.2) is 0 Å². The van der Waals surface area contributed by atoms with Gasteiger partial charge in [-0.15, -0.1) is 0 Å². The minimum atomic E-state index is -4.14. The van der Waals surface area contributed by atoms with Crippen molar-refractivity contribution in [3.63, 3.8) is 0 Å². The van der Waals surface area contributed by atoms with Crippen molar-refractivity contribution in [3.05, 3.63) is 27.5 Å². The van der Waals surface area contributed by atoms with Gasteiger partial charge in [-0.1, -0.05) is 24.0 Å². The number of thiocarbonyl (C=S) groups is 1. The molecule has 2 heterocycles. The molecule has 0 aliphatic carbocycles. The first-order valence-electron chi connectivity index (χ1n) is 5.22. The van der Waals surface area contributed by atoms with Crippen molar-refractivity contribution in [2.75, 3.05) is 12.3 Å². The molecule has 0 unspecified atom stereocenters. The van der Waals surface area contributed by atoms with Crippen LogP contribution in [0.5, 0.6) is 0 Å². The van der Waals surface area contributed by atoms with E-state index in [9.17, 15) is 13.2 Å². The fraction of sp³-hybridized carbons (Fsp3) is 0.200. The smallest absolute Gasteiger partial charge is 0.266 e. The topological polar surface area (TPSA) is 87.8 Å². The Morgan fingerprint density at radius 3 is 2.75 bits per heavy atom. The predicted molar refractivity (Wildman–Crippen MR) is 82.7 cm³/mol. The summed E-state index contributed by atoms with van der Waals surface area (Å²) in [5.41, 5.74) is 0. The van der Waals surface area contributed by atoms with Crippen LogP contribution in [0.15, 0.2) is 26.1 Å². The van der Waals surface area contributed by atoms with Gasteiger partial charge in [0.05, 0.1) is 10.7 Å². The maximum atomic E-state index is 12.1. The maximum absolute atomic E-state index is 12.1. The lowest BCUT2D eigenvalue weighted by Crippen LogP contribution is -2.32. The monoisotopic (exact) mass is 397 g/mol. The van der Waals surface area contributed by atoms with Crippen molar-refractivity contribution >= 4 is 66.3 Å². The number of furan rings is 1. The van der Waals surface area contributed by atoms with Gasteiger partial charge < -0.3 is 4.42 Å². The van der Waals surface area contributed by atoms with Crippen LogP contribution in [-0.4, -0.2) is 40.4 Å². The number of nitrogens with zero attached hydrogens (tertiary/aromatic N) is 1. The van der Waals surface area contributed by atoms with E-state index in [4.69, 9.17) is 21.2 Å². The molecule has 1 aromatic rings. The first kappa shape index (κ1) is 15.7. The molecular weight excluding hydrogens is 390 g/mol. The molecule has 1 aliphatic rings. The largest absolute Gasteiger partial charge is 0.450 e.